The molecular weight excluding hydrogens is 374 g/mol. The van der Waals surface area contributed by atoms with Crippen LogP contribution in [0.2, 0.25) is 0 Å². The normalized spacial score (nSPS) is 13.1. The van der Waals surface area contributed by atoms with Crippen molar-refractivity contribution in [2.45, 2.75) is 19.4 Å². The van der Waals surface area contributed by atoms with E-state index < -0.39 is 12.2 Å². The third-order valence-electron chi connectivity index (χ3n) is 3.65. The van der Waals surface area contributed by atoms with Crippen LogP contribution in [0.4, 0.5) is 10.5 Å². The van der Waals surface area contributed by atoms with Crippen molar-refractivity contribution in [2.24, 2.45) is 5.92 Å². The maximum Gasteiger partial charge on any atom is 0.412 e. The zero-order valence-corrected chi connectivity index (χ0v) is 14.9. The number of rotatable bonds is 6. The standard InChI is InChI=1S/C18H20BrNO4/c1-12(9-10-21)17(15-11-13(19)7-8-16(15)22)24-18(23)20-14-5-3-2-4-6-14/h2-8,11-12,17,21-22H,9-10H2,1H3,(H,20,23)/t12-,17-/m1/s1. The van der Waals surface area contributed by atoms with Gasteiger partial charge in [-0.2, -0.15) is 0 Å². The number of benzene rings is 2. The van der Waals surface area contributed by atoms with E-state index in [2.05, 4.69) is 21.2 Å². The molecule has 0 saturated carbocycles. The summed E-state index contributed by atoms with van der Waals surface area (Å²) in [6, 6.07) is 13.9. The number of ether oxygens (including phenoxy) is 1. The Bertz CT molecular complexity index is 678. The van der Waals surface area contributed by atoms with Crippen LogP contribution in [0.5, 0.6) is 5.75 Å². The molecule has 0 saturated heterocycles. The van der Waals surface area contributed by atoms with Crippen molar-refractivity contribution < 1.29 is 19.7 Å². The molecule has 0 aliphatic rings. The number of anilines is 1. The maximum atomic E-state index is 12.2. The molecule has 0 aliphatic carbocycles. The van der Waals surface area contributed by atoms with E-state index >= 15 is 0 Å². The Morgan fingerprint density at radius 2 is 1.96 bits per heavy atom. The minimum Gasteiger partial charge on any atom is -0.508 e. The molecule has 5 nitrogen and oxygen atoms in total. The third kappa shape index (κ3) is 4.97. The van der Waals surface area contributed by atoms with Crippen LogP contribution in [0.1, 0.15) is 25.0 Å². The summed E-state index contributed by atoms with van der Waals surface area (Å²) in [6.07, 6.45) is -0.858. The zero-order chi connectivity index (χ0) is 17.5. The number of nitrogens with one attached hydrogen (secondary N) is 1. The van der Waals surface area contributed by atoms with Crippen LogP contribution >= 0.6 is 15.9 Å². The van der Waals surface area contributed by atoms with E-state index in [0.29, 0.717) is 17.7 Å². The molecule has 3 N–H and O–H groups in total. The van der Waals surface area contributed by atoms with E-state index in [1.807, 2.05) is 25.1 Å². The van der Waals surface area contributed by atoms with Gasteiger partial charge in [0.1, 0.15) is 11.9 Å². The molecule has 24 heavy (non-hydrogen) atoms. The van der Waals surface area contributed by atoms with Gasteiger partial charge in [0.2, 0.25) is 0 Å². The van der Waals surface area contributed by atoms with Crippen molar-refractivity contribution >= 4 is 27.7 Å². The van der Waals surface area contributed by atoms with Gasteiger partial charge in [-0.1, -0.05) is 41.1 Å². The lowest BCUT2D eigenvalue weighted by atomic mass is 9.94. The molecule has 0 heterocycles. The minimum atomic E-state index is -0.682. The minimum absolute atomic E-state index is 0.0317. The molecule has 0 bridgehead atoms. The van der Waals surface area contributed by atoms with Crippen molar-refractivity contribution in [3.05, 3.63) is 58.6 Å². The van der Waals surface area contributed by atoms with Crippen LogP contribution in [0, 0.1) is 5.92 Å². The number of aromatic hydroxyl groups is 1. The van der Waals surface area contributed by atoms with Crippen LogP contribution in [-0.2, 0) is 4.74 Å². The van der Waals surface area contributed by atoms with E-state index in [-0.39, 0.29) is 18.3 Å². The average molecular weight is 394 g/mol. The average Bonchev–Trinajstić information content (AvgIpc) is 2.56. The van der Waals surface area contributed by atoms with Crippen molar-refractivity contribution in [3.63, 3.8) is 0 Å². The Labute approximate surface area is 149 Å². The van der Waals surface area contributed by atoms with Gasteiger partial charge in [0.05, 0.1) is 0 Å². The van der Waals surface area contributed by atoms with E-state index in [4.69, 9.17) is 4.74 Å². The topological polar surface area (TPSA) is 78.8 Å². The maximum absolute atomic E-state index is 12.2. The van der Waals surface area contributed by atoms with Crippen molar-refractivity contribution in [1.29, 1.82) is 0 Å². The second kappa shape index (κ2) is 8.70. The summed E-state index contributed by atoms with van der Waals surface area (Å²) in [5.74, 6) is -0.128. The highest BCUT2D eigenvalue weighted by Crippen LogP contribution is 2.36. The molecule has 6 heteroatoms. The molecular formula is C18H20BrNO4. The zero-order valence-electron chi connectivity index (χ0n) is 13.3. The number of hydrogen-bond acceptors (Lipinski definition) is 4. The molecule has 2 aromatic carbocycles. The lowest BCUT2D eigenvalue weighted by molar-refractivity contribution is 0.0652. The smallest absolute Gasteiger partial charge is 0.412 e. The van der Waals surface area contributed by atoms with Crippen molar-refractivity contribution in [2.75, 3.05) is 11.9 Å². The number of halogens is 1. The fourth-order valence-electron chi connectivity index (χ4n) is 2.38. The first-order valence-electron chi connectivity index (χ1n) is 7.63. The van der Waals surface area contributed by atoms with Gasteiger partial charge in [-0.15, -0.1) is 0 Å². The highest BCUT2D eigenvalue weighted by atomic mass is 79.9. The molecule has 0 aromatic heterocycles. The predicted octanol–water partition coefficient (Wildman–Crippen LogP) is 4.46. The summed E-state index contributed by atoms with van der Waals surface area (Å²) in [6.45, 7) is 1.83. The molecule has 128 valence electrons. The molecule has 0 spiro atoms. The number of hydrogen-bond donors (Lipinski definition) is 3. The van der Waals surface area contributed by atoms with E-state index in [9.17, 15) is 15.0 Å². The summed E-state index contributed by atoms with van der Waals surface area (Å²) in [7, 11) is 0. The van der Waals surface area contributed by atoms with Gasteiger partial charge >= 0.3 is 6.09 Å². The summed E-state index contributed by atoms with van der Waals surface area (Å²) >= 11 is 3.36. The first-order valence-corrected chi connectivity index (χ1v) is 8.42. The Morgan fingerprint density at radius 1 is 1.25 bits per heavy atom. The third-order valence-corrected chi connectivity index (χ3v) is 4.14. The summed E-state index contributed by atoms with van der Waals surface area (Å²) in [4.78, 5) is 12.2. The number of aliphatic hydroxyl groups excluding tert-OH is 1. The lowest BCUT2D eigenvalue weighted by Gasteiger charge is -2.25. The van der Waals surface area contributed by atoms with Crippen LogP contribution in [0.25, 0.3) is 0 Å². The Balaban J connectivity index is 2.20. The number of para-hydroxylation sites is 1. The molecule has 0 fully saturated rings. The summed E-state index contributed by atoms with van der Waals surface area (Å²) in [5, 5.41) is 22.0. The molecule has 2 atom stereocenters. The molecule has 1 amide bonds. The summed E-state index contributed by atoms with van der Waals surface area (Å²) in [5.41, 5.74) is 1.11. The number of phenolic OH excluding ortho intramolecular Hbond substituents is 1. The van der Waals surface area contributed by atoms with Crippen LogP contribution in [0.15, 0.2) is 53.0 Å². The van der Waals surface area contributed by atoms with Crippen LogP contribution in [-0.4, -0.2) is 22.9 Å². The number of carbonyl (C=O) groups excluding carboxylic acids is 1. The molecule has 2 rings (SSSR count). The van der Waals surface area contributed by atoms with Gasteiger partial charge in [0.15, 0.2) is 0 Å². The predicted molar refractivity (Wildman–Crippen MR) is 96.0 cm³/mol. The van der Waals surface area contributed by atoms with E-state index in [1.54, 1.807) is 24.3 Å². The number of carbonyl (C=O) groups is 1. The first kappa shape index (κ1) is 18.3. The molecule has 2 aromatic rings. The molecule has 0 aliphatic heterocycles. The van der Waals surface area contributed by atoms with Gasteiger partial charge in [-0.05, 0) is 42.7 Å². The number of phenols is 1. The fraction of sp³-hybridized carbons (Fsp3) is 0.278. The highest BCUT2D eigenvalue weighted by molar-refractivity contribution is 9.10. The SMILES string of the molecule is C[C@H](CCO)[C@@H](OC(=O)Nc1ccccc1)c1cc(Br)ccc1O. The fourth-order valence-corrected chi connectivity index (χ4v) is 2.76. The lowest BCUT2D eigenvalue weighted by Crippen LogP contribution is -2.22. The Hall–Kier alpha value is -2.05. The van der Waals surface area contributed by atoms with Gasteiger partial charge in [0, 0.05) is 22.3 Å². The molecule has 0 radical (unpaired) electrons. The largest absolute Gasteiger partial charge is 0.508 e. The first-order chi connectivity index (χ1) is 11.5. The van der Waals surface area contributed by atoms with Crippen LogP contribution in [0.3, 0.4) is 0 Å². The van der Waals surface area contributed by atoms with Gasteiger partial charge < -0.3 is 14.9 Å². The number of amides is 1. The summed E-state index contributed by atoms with van der Waals surface area (Å²) < 4.78 is 6.32. The second-order valence-electron chi connectivity index (χ2n) is 5.51. The van der Waals surface area contributed by atoms with E-state index in [1.165, 1.54) is 6.07 Å². The molecule has 0 unspecified atom stereocenters. The highest BCUT2D eigenvalue weighted by Gasteiger charge is 2.26. The second-order valence-corrected chi connectivity index (χ2v) is 6.43. The van der Waals surface area contributed by atoms with Gasteiger partial charge in [-0.25, -0.2) is 4.79 Å². The number of aliphatic hydroxyl groups is 1. The Morgan fingerprint density at radius 3 is 2.62 bits per heavy atom. The van der Waals surface area contributed by atoms with Crippen molar-refractivity contribution in [3.8, 4) is 5.75 Å². The quantitative estimate of drug-likeness (QED) is 0.676. The van der Waals surface area contributed by atoms with Crippen molar-refractivity contribution in [1.82, 2.24) is 0 Å². The monoisotopic (exact) mass is 393 g/mol. The Kier molecular flexibility index (Phi) is 6.63. The van der Waals surface area contributed by atoms with Gasteiger partial charge in [-0.3, -0.25) is 5.32 Å². The van der Waals surface area contributed by atoms with Crippen LogP contribution < -0.4 is 5.32 Å². The van der Waals surface area contributed by atoms with E-state index in [0.717, 1.165) is 4.47 Å². The van der Waals surface area contributed by atoms with Gasteiger partial charge in [0.25, 0.3) is 0 Å².